The maximum absolute atomic E-state index is 11.4. The predicted molar refractivity (Wildman–Crippen MR) is 92.3 cm³/mol. The van der Waals surface area contributed by atoms with Crippen LogP contribution in [-0.4, -0.2) is 50.4 Å². The number of rotatable bonds is 9. The maximum atomic E-state index is 11.4. The van der Waals surface area contributed by atoms with Crippen LogP contribution in [0, 0.1) is 5.92 Å². The molecule has 9 heteroatoms. The van der Waals surface area contributed by atoms with Gasteiger partial charge < -0.3 is 20.8 Å². The number of aliphatic hydroxyl groups is 1. The standard InChI is InChI=1S/C15H25N3O5S/c1-10(2)15(21)17-7-6-16-9-14(20)11-4-5-13(19)12(8-11)18-24(3,22)23/h4-5,8,10,14,16,18-20H,6-7,9H2,1-3H3,(H,17,21). The number of anilines is 1. The third-order valence-corrected chi connectivity index (χ3v) is 3.75. The Morgan fingerprint density at radius 2 is 1.92 bits per heavy atom. The van der Waals surface area contributed by atoms with Crippen LogP contribution in [0.25, 0.3) is 0 Å². The molecule has 0 aliphatic heterocycles. The number of carbonyl (C=O) groups excluding carboxylic acids is 1. The second-order valence-corrected chi connectivity index (χ2v) is 7.56. The zero-order chi connectivity index (χ0) is 18.3. The summed E-state index contributed by atoms with van der Waals surface area (Å²) in [5.41, 5.74) is 0.468. The molecule has 0 radical (unpaired) electrons. The number of phenols is 1. The van der Waals surface area contributed by atoms with Crippen molar-refractivity contribution in [3.8, 4) is 5.75 Å². The summed E-state index contributed by atoms with van der Waals surface area (Å²) < 4.78 is 24.7. The van der Waals surface area contributed by atoms with Crippen LogP contribution in [0.2, 0.25) is 0 Å². The van der Waals surface area contributed by atoms with Crippen LogP contribution in [0.15, 0.2) is 18.2 Å². The lowest BCUT2D eigenvalue weighted by atomic mass is 10.1. The number of nitrogens with one attached hydrogen (secondary N) is 3. The van der Waals surface area contributed by atoms with Gasteiger partial charge in [-0.05, 0) is 17.7 Å². The Labute approximate surface area is 142 Å². The molecule has 0 heterocycles. The summed E-state index contributed by atoms with van der Waals surface area (Å²) in [6, 6.07) is 4.20. The van der Waals surface area contributed by atoms with Gasteiger partial charge in [0.15, 0.2) is 0 Å². The molecule has 0 fully saturated rings. The molecule has 0 spiro atoms. The minimum atomic E-state index is -3.53. The molecule has 0 bridgehead atoms. The maximum Gasteiger partial charge on any atom is 0.229 e. The van der Waals surface area contributed by atoms with E-state index in [-0.39, 0.29) is 29.8 Å². The number of amides is 1. The SMILES string of the molecule is CC(C)C(=O)NCCNCC(O)c1ccc(O)c(NS(C)(=O)=O)c1. The molecular formula is C15H25N3O5S. The average molecular weight is 359 g/mol. The second kappa shape index (κ2) is 8.86. The quantitative estimate of drug-likeness (QED) is 0.316. The molecular weight excluding hydrogens is 334 g/mol. The van der Waals surface area contributed by atoms with Gasteiger partial charge in [0, 0.05) is 25.6 Å². The number of hydrogen-bond acceptors (Lipinski definition) is 6. The highest BCUT2D eigenvalue weighted by molar-refractivity contribution is 7.92. The van der Waals surface area contributed by atoms with E-state index in [0.29, 0.717) is 18.7 Å². The summed E-state index contributed by atoms with van der Waals surface area (Å²) in [6.45, 7) is 4.77. The number of benzene rings is 1. The molecule has 0 aliphatic rings. The van der Waals surface area contributed by atoms with Crippen molar-refractivity contribution in [3.63, 3.8) is 0 Å². The summed E-state index contributed by atoms with van der Waals surface area (Å²) in [5.74, 6) is -0.332. The first-order valence-corrected chi connectivity index (χ1v) is 9.46. The van der Waals surface area contributed by atoms with Gasteiger partial charge in [0.1, 0.15) is 5.75 Å². The lowest BCUT2D eigenvalue weighted by Gasteiger charge is -2.15. The van der Waals surface area contributed by atoms with E-state index in [4.69, 9.17) is 0 Å². The van der Waals surface area contributed by atoms with Crippen molar-refractivity contribution in [1.29, 1.82) is 0 Å². The van der Waals surface area contributed by atoms with E-state index in [1.807, 2.05) is 0 Å². The van der Waals surface area contributed by atoms with Crippen LogP contribution < -0.4 is 15.4 Å². The van der Waals surface area contributed by atoms with Crippen molar-refractivity contribution < 1.29 is 23.4 Å². The van der Waals surface area contributed by atoms with E-state index in [9.17, 15) is 23.4 Å². The molecule has 1 amide bonds. The number of sulfonamides is 1. The van der Waals surface area contributed by atoms with Crippen LogP contribution in [0.4, 0.5) is 5.69 Å². The highest BCUT2D eigenvalue weighted by Gasteiger charge is 2.13. The van der Waals surface area contributed by atoms with E-state index in [1.54, 1.807) is 13.8 Å². The van der Waals surface area contributed by atoms with Crippen LogP contribution in [0.5, 0.6) is 5.75 Å². The molecule has 1 aromatic rings. The van der Waals surface area contributed by atoms with Crippen LogP contribution in [-0.2, 0) is 14.8 Å². The smallest absolute Gasteiger partial charge is 0.229 e. The summed E-state index contributed by atoms with van der Waals surface area (Å²) >= 11 is 0. The number of carbonyl (C=O) groups is 1. The van der Waals surface area contributed by atoms with Crippen molar-refractivity contribution in [2.75, 3.05) is 30.6 Å². The van der Waals surface area contributed by atoms with Gasteiger partial charge in [-0.1, -0.05) is 19.9 Å². The monoisotopic (exact) mass is 359 g/mol. The molecule has 8 nitrogen and oxygen atoms in total. The molecule has 5 N–H and O–H groups in total. The van der Waals surface area contributed by atoms with Crippen LogP contribution in [0.3, 0.4) is 0 Å². The minimum Gasteiger partial charge on any atom is -0.506 e. The normalized spacial score (nSPS) is 12.9. The Morgan fingerprint density at radius 3 is 2.50 bits per heavy atom. The van der Waals surface area contributed by atoms with Gasteiger partial charge in [-0.3, -0.25) is 9.52 Å². The van der Waals surface area contributed by atoms with Crippen molar-refractivity contribution in [2.45, 2.75) is 20.0 Å². The van der Waals surface area contributed by atoms with Crippen LogP contribution in [0.1, 0.15) is 25.5 Å². The third-order valence-electron chi connectivity index (χ3n) is 3.16. The van der Waals surface area contributed by atoms with Crippen molar-refractivity contribution in [1.82, 2.24) is 10.6 Å². The number of aromatic hydroxyl groups is 1. The predicted octanol–water partition coefficient (Wildman–Crippen LogP) is 0.159. The van der Waals surface area contributed by atoms with Gasteiger partial charge >= 0.3 is 0 Å². The Kier molecular flexibility index (Phi) is 7.46. The summed E-state index contributed by atoms with van der Waals surface area (Å²) in [4.78, 5) is 11.4. The summed E-state index contributed by atoms with van der Waals surface area (Å²) in [7, 11) is -3.53. The molecule has 0 saturated carbocycles. The fraction of sp³-hybridized carbons (Fsp3) is 0.533. The lowest BCUT2D eigenvalue weighted by molar-refractivity contribution is -0.123. The summed E-state index contributed by atoms with van der Waals surface area (Å²) in [5, 5.41) is 25.5. The molecule has 1 atom stereocenters. The number of hydrogen-bond donors (Lipinski definition) is 5. The zero-order valence-corrected chi connectivity index (χ0v) is 14.9. The average Bonchev–Trinajstić information content (AvgIpc) is 2.47. The fourth-order valence-electron chi connectivity index (χ4n) is 1.88. The molecule has 24 heavy (non-hydrogen) atoms. The minimum absolute atomic E-state index is 0.0123. The first-order valence-electron chi connectivity index (χ1n) is 7.57. The molecule has 0 aliphatic carbocycles. The molecule has 1 aromatic carbocycles. The van der Waals surface area contributed by atoms with Crippen molar-refractivity contribution in [3.05, 3.63) is 23.8 Å². The van der Waals surface area contributed by atoms with Gasteiger partial charge in [0.2, 0.25) is 15.9 Å². The topological polar surface area (TPSA) is 128 Å². The fourth-order valence-corrected chi connectivity index (χ4v) is 2.44. The Morgan fingerprint density at radius 1 is 1.25 bits per heavy atom. The number of phenolic OH excluding ortho intramolecular Hbond substituents is 1. The van der Waals surface area contributed by atoms with E-state index in [0.717, 1.165) is 6.26 Å². The zero-order valence-electron chi connectivity index (χ0n) is 14.0. The molecule has 0 saturated heterocycles. The highest BCUT2D eigenvalue weighted by Crippen LogP contribution is 2.27. The van der Waals surface area contributed by atoms with Gasteiger partial charge in [-0.15, -0.1) is 0 Å². The van der Waals surface area contributed by atoms with Crippen LogP contribution >= 0.6 is 0 Å². The molecule has 0 aromatic heterocycles. The first-order chi connectivity index (χ1) is 11.1. The summed E-state index contributed by atoms with van der Waals surface area (Å²) in [6.07, 6.45) is 0.0919. The Hall–Kier alpha value is -1.84. The largest absolute Gasteiger partial charge is 0.506 e. The first kappa shape index (κ1) is 20.2. The Bertz CT molecular complexity index is 661. The van der Waals surface area contributed by atoms with Crippen molar-refractivity contribution in [2.24, 2.45) is 5.92 Å². The lowest BCUT2D eigenvalue weighted by Crippen LogP contribution is -2.35. The van der Waals surface area contributed by atoms with E-state index >= 15 is 0 Å². The molecule has 136 valence electrons. The van der Waals surface area contributed by atoms with E-state index in [1.165, 1.54) is 18.2 Å². The van der Waals surface area contributed by atoms with E-state index < -0.39 is 16.1 Å². The second-order valence-electron chi connectivity index (χ2n) is 5.82. The third kappa shape index (κ3) is 7.16. The van der Waals surface area contributed by atoms with E-state index in [2.05, 4.69) is 15.4 Å². The molecule has 1 rings (SSSR count). The number of aliphatic hydroxyl groups excluding tert-OH is 1. The van der Waals surface area contributed by atoms with Crippen molar-refractivity contribution >= 4 is 21.6 Å². The molecule has 1 unspecified atom stereocenters. The van der Waals surface area contributed by atoms with Gasteiger partial charge in [0.05, 0.1) is 18.0 Å². The Balaban J connectivity index is 2.52. The van der Waals surface area contributed by atoms with Gasteiger partial charge in [-0.25, -0.2) is 8.42 Å². The van der Waals surface area contributed by atoms with Gasteiger partial charge in [-0.2, -0.15) is 0 Å². The highest BCUT2D eigenvalue weighted by atomic mass is 32.2. The van der Waals surface area contributed by atoms with Gasteiger partial charge in [0.25, 0.3) is 0 Å².